The first-order valence-corrected chi connectivity index (χ1v) is 7.09. The normalized spacial score (nSPS) is 12.1. The first-order chi connectivity index (χ1) is 10.2. The average Bonchev–Trinajstić information content (AvgIpc) is 2.49. The minimum Gasteiger partial charge on any atom is -0.494 e. The molecule has 112 valence electrons. The molecule has 5 nitrogen and oxygen atoms in total. The molecule has 1 atom stereocenters. The van der Waals surface area contributed by atoms with E-state index in [2.05, 4.69) is 10.4 Å². The van der Waals surface area contributed by atoms with Crippen LogP contribution in [-0.2, 0) is 6.54 Å². The molecule has 0 fully saturated rings. The Labute approximate surface area is 124 Å². The topological polar surface area (TPSA) is 56.2 Å². The van der Waals surface area contributed by atoms with Crippen LogP contribution < -0.4 is 15.6 Å². The van der Waals surface area contributed by atoms with Crippen LogP contribution in [0, 0.1) is 6.92 Å². The number of nitrogens with one attached hydrogen (secondary N) is 1. The number of rotatable bonds is 6. The van der Waals surface area contributed by atoms with Crippen molar-refractivity contribution in [3.8, 4) is 5.75 Å². The van der Waals surface area contributed by atoms with Gasteiger partial charge in [-0.1, -0.05) is 18.2 Å². The summed E-state index contributed by atoms with van der Waals surface area (Å²) >= 11 is 0. The van der Waals surface area contributed by atoms with E-state index < -0.39 is 0 Å². The molecular weight excluding hydrogens is 266 g/mol. The third-order valence-corrected chi connectivity index (χ3v) is 3.30. The van der Waals surface area contributed by atoms with Crippen LogP contribution in [0.2, 0.25) is 0 Å². The lowest BCUT2D eigenvalue weighted by atomic mass is 10.1. The molecule has 0 bridgehead atoms. The second-order valence-electron chi connectivity index (χ2n) is 4.81. The maximum atomic E-state index is 11.9. The maximum absolute atomic E-state index is 11.9. The quantitative estimate of drug-likeness (QED) is 0.882. The lowest BCUT2D eigenvalue weighted by molar-refractivity contribution is 0.328. The summed E-state index contributed by atoms with van der Waals surface area (Å²) in [7, 11) is 1.87. The number of hydrogen-bond donors (Lipinski definition) is 1. The zero-order valence-electron chi connectivity index (χ0n) is 12.7. The van der Waals surface area contributed by atoms with E-state index in [1.165, 1.54) is 4.68 Å². The minimum absolute atomic E-state index is 0.0419. The Morgan fingerprint density at radius 1 is 1.29 bits per heavy atom. The fourth-order valence-corrected chi connectivity index (χ4v) is 2.26. The van der Waals surface area contributed by atoms with Crippen molar-refractivity contribution in [2.45, 2.75) is 26.4 Å². The number of nitrogens with zero attached hydrogens (tertiary/aromatic N) is 2. The number of para-hydroxylation sites is 1. The number of ether oxygens (including phenoxy) is 1. The molecule has 0 saturated carbocycles. The minimum atomic E-state index is -0.102. The summed E-state index contributed by atoms with van der Waals surface area (Å²) in [5.41, 5.74) is 1.74. The molecule has 1 N–H and O–H groups in total. The van der Waals surface area contributed by atoms with Gasteiger partial charge >= 0.3 is 0 Å². The Hall–Kier alpha value is -2.14. The van der Waals surface area contributed by atoms with Crippen LogP contribution >= 0.6 is 0 Å². The van der Waals surface area contributed by atoms with E-state index in [0.29, 0.717) is 13.2 Å². The maximum Gasteiger partial charge on any atom is 0.266 e. The highest BCUT2D eigenvalue weighted by Crippen LogP contribution is 2.25. The van der Waals surface area contributed by atoms with Crippen LogP contribution in [0.3, 0.4) is 0 Å². The smallest absolute Gasteiger partial charge is 0.266 e. The van der Waals surface area contributed by atoms with Crippen LogP contribution in [0.15, 0.2) is 41.2 Å². The van der Waals surface area contributed by atoms with Crippen LogP contribution in [0.4, 0.5) is 0 Å². The van der Waals surface area contributed by atoms with E-state index in [0.717, 1.165) is 17.0 Å². The Kier molecular flexibility index (Phi) is 5.11. The van der Waals surface area contributed by atoms with E-state index in [9.17, 15) is 4.79 Å². The standard InChI is InChI=1S/C16H21N3O2/c1-4-21-15-8-6-5-7-13(15)14(17-3)11-19-16(20)10-9-12(2)18-19/h5-10,14,17H,4,11H2,1-3H3. The van der Waals surface area contributed by atoms with E-state index >= 15 is 0 Å². The van der Waals surface area contributed by atoms with Crippen LogP contribution in [0.1, 0.15) is 24.2 Å². The van der Waals surface area contributed by atoms with Gasteiger partial charge in [-0.15, -0.1) is 0 Å². The summed E-state index contributed by atoms with van der Waals surface area (Å²) in [6.07, 6.45) is 0. The summed E-state index contributed by atoms with van der Waals surface area (Å²) in [5, 5.41) is 7.52. The molecule has 1 aromatic heterocycles. The van der Waals surface area contributed by atoms with Gasteiger partial charge in [0, 0.05) is 11.6 Å². The number of aryl methyl sites for hydroxylation is 1. The van der Waals surface area contributed by atoms with Gasteiger partial charge in [-0.3, -0.25) is 4.79 Å². The molecule has 5 heteroatoms. The molecule has 0 aliphatic rings. The summed E-state index contributed by atoms with van der Waals surface area (Å²) in [5.74, 6) is 0.833. The van der Waals surface area contributed by atoms with Crippen LogP contribution in [0.5, 0.6) is 5.75 Å². The lowest BCUT2D eigenvalue weighted by Gasteiger charge is -2.20. The summed E-state index contributed by atoms with van der Waals surface area (Å²) in [6.45, 7) is 4.90. The van der Waals surface area contributed by atoms with Crippen molar-refractivity contribution in [3.63, 3.8) is 0 Å². The first kappa shape index (κ1) is 15.3. The van der Waals surface area contributed by atoms with Crippen molar-refractivity contribution in [3.05, 3.63) is 58.0 Å². The van der Waals surface area contributed by atoms with Gasteiger partial charge in [0.2, 0.25) is 0 Å². The van der Waals surface area contributed by atoms with Crippen LogP contribution in [0.25, 0.3) is 0 Å². The molecule has 0 aliphatic heterocycles. The third-order valence-electron chi connectivity index (χ3n) is 3.30. The van der Waals surface area contributed by atoms with E-state index in [1.807, 2.05) is 45.2 Å². The number of hydrogen-bond acceptors (Lipinski definition) is 4. The second-order valence-corrected chi connectivity index (χ2v) is 4.81. The van der Waals surface area contributed by atoms with Crippen molar-refractivity contribution in [1.29, 1.82) is 0 Å². The molecule has 0 aliphatic carbocycles. The van der Waals surface area contributed by atoms with Gasteiger partial charge in [0.1, 0.15) is 5.75 Å². The van der Waals surface area contributed by atoms with Crippen molar-refractivity contribution in [1.82, 2.24) is 15.1 Å². The third kappa shape index (κ3) is 3.70. The number of benzene rings is 1. The fourth-order valence-electron chi connectivity index (χ4n) is 2.26. The molecule has 1 aromatic carbocycles. The average molecular weight is 287 g/mol. The Morgan fingerprint density at radius 2 is 2.05 bits per heavy atom. The highest BCUT2D eigenvalue weighted by molar-refractivity contribution is 5.35. The monoisotopic (exact) mass is 287 g/mol. The van der Waals surface area contributed by atoms with Gasteiger partial charge < -0.3 is 10.1 Å². The molecule has 2 rings (SSSR count). The van der Waals surface area contributed by atoms with Crippen LogP contribution in [-0.4, -0.2) is 23.4 Å². The zero-order valence-corrected chi connectivity index (χ0v) is 12.7. The van der Waals surface area contributed by atoms with Gasteiger partial charge in [-0.25, -0.2) is 4.68 Å². The summed E-state index contributed by atoms with van der Waals surface area (Å²) in [6, 6.07) is 11.1. The lowest BCUT2D eigenvalue weighted by Crippen LogP contribution is -2.30. The Bertz CT molecular complexity index is 652. The van der Waals surface area contributed by atoms with Gasteiger partial charge in [-0.05, 0) is 33.0 Å². The molecule has 0 saturated heterocycles. The molecule has 0 radical (unpaired) electrons. The van der Waals surface area contributed by atoms with E-state index in [4.69, 9.17) is 4.74 Å². The van der Waals surface area contributed by atoms with Crippen molar-refractivity contribution in [2.75, 3.05) is 13.7 Å². The number of likely N-dealkylation sites (N-methyl/N-ethyl adjacent to an activating group) is 1. The van der Waals surface area contributed by atoms with Gasteiger partial charge in [0.25, 0.3) is 5.56 Å². The second kappa shape index (κ2) is 7.04. The summed E-state index contributed by atoms with van der Waals surface area (Å²) in [4.78, 5) is 11.9. The Balaban J connectivity index is 2.32. The van der Waals surface area contributed by atoms with Gasteiger partial charge in [-0.2, -0.15) is 5.10 Å². The predicted molar refractivity (Wildman–Crippen MR) is 82.6 cm³/mol. The molecule has 1 unspecified atom stereocenters. The molecule has 21 heavy (non-hydrogen) atoms. The molecular formula is C16H21N3O2. The molecule has 1 heterocycles. The first-order valence-electron chi connectivity index (χ1n) is 7.09. The Morgan fingerprint density at radius 3 is 2.76 bits per heavy atom. The zero-order chi connectivity index (χ0) is 15.2. The van der Waals surface area contributed by atoms with Gasteiger partial charge in [0.15, 0.2) is 0 Å². The fraction of sp³-hybridized carbons (Fsp3) is 0.375. The van der Waals surface area contributed by atoms with E-state index in [1.54, 1.807) is 12.1 Å². The highest BCUT2D eigenvalue weighted by Gasteiger charge is 2.16. The van der Waals surface area contributed by atoms with Gasteiger partial charge in [0.05, 0.1) is 24.9 Å². The van der Waals surface area contributed by atoms with Crippen molar-refractivity contribution < 1.29 is 4.74 Å². The van der Waals surface area contributed by atoms with E-state index in [-0.39, 0.29) is 11.6 Å². The van der Waals surface area contributed by atoms with Crippen molar-refractivity contribution >= 4 is 0 Å². The summed E-state index contributed by atoms with van der Waals surface area (Å²) < 4.78 is 7.15. The molecule has 0 amide bonds. The van der Waals surface area contributed by atoms with Crippen molar-refractivity contribution in [2.24, 2.45) is 0 Å². The number of aromatic nitrogens is 2. The molecule has 0 spiro atoms. The molecule has 2 aromatic rings. The SMILES string of the molecule is CCOc1ccccc1C(Cn1nc(C)ccc1=O)NC. The largest absolute Gasteiger partial charge is 0.494 e. The predicted octanol–water partition coefficient (Wildman–Crippen LogP) is 1.91. The highest BCUT2D eigenvalue weighted by atomic mass is 16.5.